The fourth-order valence-electron chi connectivity index (χ4n) is 3.33. The average molecular weight is 398 g/mol. The van der Waals surface area contributed by atoms with Gasteiger partial charge in [-0.05, 0) is 23.5 Å². The van der Waals surface area contributed by atoms with Gasteiger partial charge in [-0.2, -0.15) is 0 Å². The molecule has 0 aliphatic heterocycles. The van der Waals surface area contributed by atoms with E-state index in [-0.39, 0.29) is 24.2 Å². The third kappa shape index (κ3) is 6.61. The maximum absolute atomic E-state index is 11.9. The van der Waals surface area contributed by atoms with Gasteiger partial charge >= 0.3 is 0 Å². The van der Waals surface area contributed by atoms with Crippen molar-refractivity contribution in [2.75, 3.05) is 20.3 Å². The largest absolute Gasteiger partial charge is 0.493 e. The second-order valence-electron chi connectivity index (χ2n) is 7.19. The summed E-state index contributed by atoms with van der Waals surface area (Å²) in [5.74, 6) is 0.497. The summed E-state index contributed by atoms with van der Waals surface area (Å²) in [5, 5.41) is 9.54. The summed E-state index contributed by atoms with van der Waals surface area (Å²) in [5.41, 5.74) is 9.57. The lowest BCUT2D eigenvalue weighted by molar-refractivity contribution is -0.119. The van der Waals surface area contributed by atoms with Crippen LogP contribution in [-0.2, 0) is 16.0 Å². The van der Waals surface area contributed by atoms with E-state index < -0.39 is 0 Å². The first-order valence-electron chi connectivity index (χ1n) is 9.90. The van der Waals surface area contributed by atoms with E-state index in [1.165, 1.54) is 0 Å². The number of nitrogens with one attached hydrogen (secondary N) is 2. The first-order chi connectivity index (χ1) is 13.9. The molecule has 0 aromatic heterocycles. The molecule has 0 saturated heterocycles. The zero-order chi connectivity index (χ0) is 21.2. The van der Waals surface area contributed by atoms with E-state index in [2.05, 4.69) is 43.4 Å². The van der Waals surface area contributed by atoms with Gasteiger partial charge in [0.25, 0.3) is 0 Å². The van der Waals surface area contributed by atoms with Gasteiger partial charge < -0.3 is 15.2 Å². The Kier molecular flexibility index (Phi) is 8.68. The Morgan fingerprint density at radius 1 is 1.14 bits per heavy atom. The Hall–Kier alpha value is -2.86. The molecule has 156 valence electrons. The van der Waals surface area contributed by atoms with Crippen LogP contribution in [0.4, 0.5) is 0 Å². The zero-order valence-electron chi connectivity index (χ0n) is 17.5. The minimum absolute atomic E-state index is 0.224. The van der Waals surface area contributed by atoms with E-state index in [1.807, 2.05) is 18.2 Å². The van der Waals surface area contributed by atoms with Crippen LogP contribution in [0, 0.1) is 5.41 Å². The van der Waals surface area contributed by atoms with Crippen LogP contribution in [0.15, 0.2) is 42.5 Å². The molecule has 0 radical (unpaired) electrons. The second-order valence-corrected chi connectivity index (χ2v) is 7.19. The Labute approximate surface area is 172 Å². The number of carbonyl (C=O) groups is 1. The highest BCUT2D eigenvalue weighted by Crippen LogP contribution is 2.39. The van der Waals surface area contributed by atoms with Crippen molar-refractivity contribution in [2.24, 2.45) is 5.73 Å². The molecule has 2 aromatic rings. The minimum Gasteiger partial charge on any atom is -0.493 e. The van der Waals surface area contributed by atoms with Crippen molar-refractivity contribution < 1.29 is 14.3 Å². The van der Waals surface area contributed by atoms with Crippen LogP contribution in [0.1, 0.15) is 43.7 Å². The highest BCUT2D eigenvalue weighted by Gasteiger charge is 2.19. The number of carbonyl (C=O) groups excluding carboxylic acids is 1. The van der Waals surface area contributed by atoms with Crippen LogP contribution in [0.25, 0.3) is 11.1 Å². The first kappa shape index (κ1) is 22.4. The molecule has 2 aromatic carbocycles. The number of methoxy groups -OCH3 is 1. The molecule has 0 spiro atoms. The Balaban J connectivity index is 2.39. The number of benzene rings is 2. The summed E-state index contributed by atoms with van der Waals surface area (Å²) in [6, 6.07) is 14.3. The molecule has 2 rings (SSSR count). The summed E-state index contributed by atoms with van der Waals surface area (Å²) in [4.78, 5) is 11.9. The van der Waals surface area contributed by atoms with Gasteiger partial charge in [0.2, 0.25) is 5.91 Å². The monoisotopic (exact) mass is 397 g/mol. The number of hydrogen-bond donors (Lipinski definition) is 3. The van der Waals surface area contributed by atoms with E-state index >= 15 is 0 Å². The molecule has 0 saturated carbocycles. The highest BCUT2D eigenvalue weighted by atomic mass is 16.5. The highest BCUT2D eigenvalue weighted by molar-refractivity contribution is 5.94. The number of guanidine groups is 1. The number of nitrogens with two attached hydrogens (primary N) is 1. The van der Waals surface area contributed by atoms with E-state index in [0.29, 0.717) is 19.6 Å². The summed E-state index contributed by atoms with van der Waals surface area (Å²) in [6.07, 6.45) is 1.61. The van der Waals surface area contributed by atoms with Gasteiger partial charge in [-0.1, -0.05) is 56.3 Å². The molecule has 6 heteroatoms. The van der Waals surface area contributed by atoms with Crippen LogP contribution >= 0.6 is 0 Å². The molecule has 6 nitrogen and oxygen atoms in total. The molecule has 0 unspecified atom stereocenters. The van der Waals surface area contributed by atoms with Gasteiger partial charge in [-0.15, -0.1) is 0 Å². The van der Waals surface area contributed by atoms with Crippen LogP contribution in [0.3, 0.4) is 0 Å². The van der Waals surface area contributed by atoms with Crippen molar-refractivity contribution in [1.29, 1.82) is 5.41 Å². The van der Waals surface area contributed by atoms with E-state index in [9.17, 15) is 4.79 Å². The average Bonchev–Trinajstić information content (AvgIpc) is 2.69. The SMILES string of the molecule is COCCCOc1c(-c2ccccc2)ccc(CCC(=O)NC(=N)N)c1C(C)C. The van der Waals surface area contributed by atoms with Crippen molar-refractivity contribution in [3.05, 3.63) is 53.6 Å². The van der Waals surface area contributed by atoms with Crippen molar-refractivity contribution >= 4 is 11.9 Å². The van der Waals surface area contributed by atoms with Gasteiger partial charge in [0.05, 0.1) is 6.61 Å². The van der Waals surface area contributed by atoms with Gasteiger partial charge in [-0.3, -0.25) is 15.5 Å². The number of amides is 1. The van der Waals surface area contributed by atoms with E-state index in [1.54, 1.807) is 7.11 Å². The summed E-state index contributed by atoms with van der Waals surface area (Å²) >= 11 is 0. The molecule has 4 N–H and O–H groups in total. The summed E-state index contributed by atoms with van der Waals surface area (Å²) in [6.45, 7) is 5.46. The standard InChI is InChI=1S/C23H31N3O3/c1-16(2)21-18(11-13-20(27)26-23(24)25)10-12-19(17-8-5-4-6-9-17)22(21)29-15-7-14-28-3/h4-6,8-10,12,16H,7,11,13-15H2,1-3H3,(H4,24,25,26,27). The van der Waals surface area contributed by atoms with Gasteiger partial charge in [0, 0.05) is 37.7 Å². The molecule has 0 fully saturated rings. The molecule has 0 aliphatic rings. The van der Waals surface area contributed by atoms with Crippen molar-refractivity contribution in [2.45, 2.75) is 39.0 Å². The fourth-order valence-corrected chi connectivity index (χ4v) is 3.33. The molecule has 0 aliphatic carbocycles. The van der Waals surface area contributed by atoms with Crippen molar-refractivity contribution in [3.63, 3.8) is 0 Å². The molecule has 0 heterocycles. The number of aryl methyl sites for hydroxylation is 1. The molecule has 0 bridgehead atoms. The van der Waals surface area contributed by atoms with Gasteiger partial charge in [-0.25, -0.2) is 0 Å². The van der Waals surface area contributed by atoms with Crippen LogP contribution in [-0.4, -0.2) is 32.2 Å². The number of rotatable bonds is 10. The van der Waals surface area contributed by atoms with Crippen LogP contribution in [0.5, 0.6) is 5.75 Å². The lowest BCUT2D eigenvalue weighted by Gasteiger charge is -2.22. The molecule has 1 amide bonds. The van der Waals surface area contributed by atoms with Gasteiger partial charge in [0.15, 0.2) is 5.96 Å². The smallest absolute Gasteiger partial charge is 0.226 e. The quantitative estimate of drug-likeness (QED) is 0.322. The minimum atomic E-state index is -0.333. The maximum Gasteiger partial charge on any atom is 0.226 e. The fraction of sp³-hybridized carbons (Fsp3) is 0.391. The molecular formula is C23H31N3O3. The number of ether oxygens (including phenoxy) is 2. The summed E-state index contributed by atoms with van der Waals surface area (Å²) < 4.78 is 11.4. The normalized spacial score (nSPS) is 10.8. The van der Waals surface area contributed by atoms with E-state index in [4.69, 9.17) is 20.6 Å². The van der Waals surface area contributed by atoms with Crippen LogP contribution < -0.4 is 15.8 Å². The third-order valence-electron chi connectivity index (χ3n) is 4.58. The Morgan fingerprint density at radius 3 is 2.48 bits per heavy atom. The van der Waals surface area contributed by atoms with Crippen molar-refractivity contribution in [1.82, 2.24) is 5.32 Å². The topological polar surface area (TPSA) is 97.4 Å². The van der Waals surface area contributed by atoms with Crippen molar-refractivity contribution in [3.8, 4) is 16.9 Å². The maximum atomic E-state index is 11.9. The Bertz CT molecular complexity index is 820. The zero-order valence-corrected chi connectivity index (χ0v) is 17.5. The van der Waals surface area contributed by atoms with Gasteiger partial charge in [0.1, 0.15) is 5.75 Å². The Morgan fingerprint density at radius 2 is 1.86 bits per heavy atom. The molecule has 0 atom stereocenters. The first-order valence-corrected chi connectivity index (χ1v) is 9.90. The molecule has 29 heavy (non-hydrogen) atoms. The predicted molar refractivity (Wildman–Crippen MR) is 116 cm³/mol. The predicted octanol–water partition coefficient (Wildman–Crippen LogP) is 3.83. The summed E-state index contributed by atoms with van der Waals surface area (Å²) in [7, 11) is 1.68. The third-order valence-corrected chi connectivity index (χ3v) is 4.58. The lowest BCUT2D eigenvalue weighted by atomic mass is 9.89. The number of hydrogen-bond acceptors (Lipinski definition) is 4. The van der Waals surface area contributed by atoms with Crippen LogP contribution in [0.2, 0.25) is 0 Å². The lowest BCUT2D eigenvalue weighted by Crippen LogP contribution is -2.35. The second kappa shape index (κ2) is 11.2. The van der Waals surface area contributed by atoms with E-state index in [0.717, 1.165) is 34.4 Å². The molecular weight excluding hydrogens is 366 g/mol.